The Bertz CT molecular complexity index is 911. The second-order valence-electron chi connectivity index (χ2n) is 7.17. The van der Waals surface area contributed by atoms with Gasteiger partial charge < -0.3 is 20.1 Å². The third-order valence-corrected chi connectivity index (χ3v) is 4.95. The van der Waals surface area contributed by atoms with Crippen molar-refractivity contribution in [2.45, 2.75) is 32.3 Å². The molecular weight excluding hydrogens is 414 g/mol. The molecular formula is C23H27N3O4S. The molecule has 0 saturated carbocycles. The minimum atomic E-state index is -0.347. The van der Waals surface area contributed by atoms with E-state index in [1.165, 1.54) is 0 Å². The van der Waals surface area contributed by atoms with Crippen LogP contribution in [-0.4, -0.2) is 42.8 Å². The lowest BCUT2D eigenvalue weighted by Crippen LogP contribution is -2.35. The van der Waals surface area contributed by atoms with E-state index in [1.807, 2.05) is 6.92 Å². The zero-order valence-corrected chi connectivity index (χ0v) is 18.3. The molecule has 1 aliphatic heterocycles. The van der Waals surface area contributed by atoms with Crippen LogP contribution in [0.2, 0.25) is 0 Å². The summed E-state index contributed by atoms with van der Waals surface area (Å²) < 4.78 is 11.1. The lowest BCUT2D eigenvalue weighted by molar-refractivity contribution is 0.0858. The van der Waals surface area contributed by atoms with Gasteiger partial charge in [-0.1, -0.05) is 19.1 Å². The smallest absolute Gasteiger partial charge is 0.257 e. The highest BCUT2D eigenvalue weighted by atomic mass is 32.1. The fourth-order valence-corrected chi connectivity index (χ4v) is 3.35. The summed E-state index contributed by atoms with van der Waals surface area (Å²) in [6, 6.07) is 13.8. The SMILES string of the molecule is CCCOc1ccc(C(=O)NC(=S)Nc2ccccc2C(=O)NCC2CCCO2)cc1. The molecule has 1 atom stereocenters. The topological polar surface area (TPSA) is 88.7 Å². The summed E-state index contributed by atoms with van der Waals surface area (Å²) in [7, 11) is 0. The van der Waals surface area contributed by atoms with Gasteiger partial charge in [0.05, 0.1) is 24.0 Å². The molecule has 164 valence electrons. The predicted octanol–water partition coefficient (Wildman–Crippen LogP) is 3.51. The van der Waals surface area contributed by atoms with Gasteiger partial charge in [0.15, 0.2) is 5.11 Å². The number of ether oxygens (including phenoxy) is 2. The van der Waals surface area contributed by atoms with E-state index in [1.54, 1.807) is 48.5 Å². The van der Waals surface area contributed by atoms with E-state index in [4.69, 9.17) is 21.7 Å². The molecule has 0 bridgehead atoms. The number of rotatable bonds is 8. The third-order valence-electron chi connectivity index (χ3n) is 4.75. The Labute approximate surface area is 187 Å². The Hall–Kier alpha value is -2.97. The van der Waals surface area contributed by atoms with Gasteiger partial charge in [-0.3, -0.25) is 14.9 Å². The van der Waals surface area contributed by atoms with E-state index in [0.29, 0.717) is 35.7 Å². The molecule has 0 aromatic heterocycles. The van der Waals surface area contributed by atoms with Gasteiger partial charge in [-0.05, 0) is 67.9 Å². The summed E-state index contributed by atoms with van der Waals surface area (Å²) >= 11 is 5.27. The predicted molar refractivity (Wildman–Crippen MR) is 124 cm³/mol. The first kappa shape index (κ1) is 22.7. The standard InChI is InChI=1S/C23H27N3O4S/c1-2-13-29-17-11-9-16(10-12-17)21(27)26-23(31)25-20-8-4-3-7-19(20)22(28)24-15-18-6-5-14-30-18/h3-4,7-12,18H,2,5-6,13-15H2,1H3,(H,24,28)(H2,25,26,27,31). The zero-order chi connectivity index (χ0) is 22.1. The van der Waals surface area contributed by atoms with Gasteiger partial charge in [0.2, 0.25) is 0 Å². The highest BCUT2D eigenvalue weighted by Gasteiger charge is 2.18. The van der Waals surface area contributed by atoms with E-state index in [9.17, 15) is 9.59 Å². The minimum Gasteiger partial charge on any atom is -0.494 e. The van der Waals surface area contributed by atoms with Gasteiger partial charge in [-0.2, -0.15) is 0 Å². The highest BCUT2D eigenvalue weighted by molar-refractivity contribution is 7.80. The molecule has 1 fully saturated rings. The fraction of sp³-hybridized carbons (Fsp3) is 0.348. The second kappa shape index (κ2) is 11.4. The Morgan fingerprint density at radius 3 is 2.61 bits per heavy atom. The Kier molecular flexibility index (Phi) is 8.37. The van der Waals surface area contributed by atoms with Gasteiger partial charge >= 0.3 is 0 Å². The quantitative estimate of drug-likeness (QED) is 0.544. The van der Waals surface area contributed by atoms with Gasteiger partial charge in [0.1, 0.15) is 5.75 Å². The number of amides is 2. The van der Waals surface area contributed by atoms with Crippen molar-refractivity contribution >= 4 is 34.8 Å². The summed E-state index contributed by atoms with van der Waals surface area (Å²) in [5, 5.41) is 8.58. The molecule has 1 saturated heterocycles. The van der Waals surface area contributed by atoms with E-state index in [2.05, 4.69) is 16.0 Å². The monoisotopic (exact) mass is 441 g/mol. The Morgan fingerprint density at radius 2 is 1.90 bits per heavy atom. The number of para-hydroxylation sites is 1. The Morgan fingerprint density at radius 1 is 1.13 bits per heavy atom. The van der Waals surface area contributed by atoms with Crippen molar-refractivity contribution in [2.24, 2.45) is 0 Å². The number of hydrogen-bond donors (Lipinski definition) is 3. The van der Waals surface area contributed by atoms with Crippen LogP contribution in [0.15, 0.2) is 48.5 Å². The summed E-state index contributed by atoms with van der Waals surface area (Å²) in [4.78, 5) is 25.1. The summed E-state index contributed by atoms with van der Waals surface area (Å²) in [6.07, 6.45) is 2.93. The normalized spacial score (nSPS) is 15.2. The average Bonchev–Trinajstić information content (AvgIpc) is 3.30. The van der Waals surface area contributed by atoms with E-state index >= 15 is 0 Å². The molecule has 1 heterocycles. The van der Waals surface area contributed by atoms with Crippen LogP contribution in [-0.2, 0) is 4.74 Å². The largest absolute Gasteiger partial charge is 0.494 e. The van der Waals surface area contributed by atoms with Crippen LogP contribution in [0.3, 0.4) is 0 Å². The van der Waals surface area contributed by atoms with Crippen molar-refractivity contribution in [2.75, 3.05) is 25.1 Å². The lowest BCUT2D eigenvalue weighted by Gasteiger charge is -2.15. The molecule has 2 aromatic rings. The maximum Gasteiger partial charge on any atom is 0.257 e. The molecule has 2 amide bonds. The molecule has 8 heteroatoms. The van der Waals surface area contributed by atoms with Crippen LogP contribution in [0, 0.1) is 0 Å². The van der Waals surface area contributed by atoms with Gasteiger partial charge in [-0.25, -0.2) is 0 Å². The van der Waals surface area contributed by atoms with Gasteiger partial charge in [0.25, 0.3) is 11.8 Å². The molecule has 2 aromatic carbocycles. The van der Waals surface area contributed by atoms with Crippen molar-refractivity contribution in [1.29, 1.82) is 0 Å². The Balaban J connectivity index is 1.56. The van der Waals surface area contributed by atoms with Crippen LogP contribution in [0.4, 0.5) is 5.69 Å². The van der Waals surface area contributed by atoms with E-state index in [-0.39, 0.29) is 23.0 Å². The van der Waals surface area contributed by atoms with Crippen molar-refractivity contribution in [3.8, 4) is 5.75 Å². The molecule has 31 heavy (non-hydrogen) atoms. The molecule has 7 nitrogen and oxygen atoms in total. The first-order valence-electron chi connectivity index (χ1n) is 10.4. The highest BCUT2D eigenvalue weighted by Crippen LogP contribution is 2.16. The number of nitrogens with one attached hydrogen (secondary N) is 3. The minimum absolute atomic E-state index is 0.0585. The molecule has 3 N–H and O–H groups in total. The number of carbonyl (C=O) groups excluding carboxylic acids is 2. The van der Waals surface area contributed by atoms with Crippen LogP contribution >= 0.6 is 12.2 Å². The maximum absolute atomic E-state index is 12.6. The number of hydrogen-bond acceptors (Lipinski definition) is 5. The van der Waals surface area contributed by atoms with Crippen molar-refractivity contribution in [3.63, 3.8) is 0 Å². The summed E-state index contributed by atoms with van der Waals surface area (Å²) in [6.45, 7) is 3.86. The number of anilines is 1. The number of carbonyl (C=O) groups is 2. The van der Waals surface area contributed by atoms with Crippen molar-refractivity contribution < 1.29 is 19.1 Å². The van der Waals surface area contributed by atoms with Crippen LogP contribution in [0.5, 0.6) is 5.75 Å². The average molecular weight is 442 g/mol. The molecule has 0 aliphatic carbocycles. The molecule has 0 spiro atoms. The zero-order valence-electron chi connectivity index (χ0n) is 17.5. The second-order valence-corrected chi connectivity index (χ2v) is 7.58. The van der Waals surface area contributed by atoms with Crippen molar-refractivity contribution in [1.82, 2.24) is 10.6 Å². The number of thiocarbonyl (C=S) groups is 1. The molecule has 3 rings (SSSR count). The number of benzene rings is 2. The van der Waals surface area contributed by atoms with E-state index in [0.717, 1.165) is 25.9 Å². The first-order chi connectivity index (χ1) is 15.1. The van der Waals surface area contributed by atoms with Gasteiger partial charge in [-0.15, -0.1) is 0 Å². The van der Waals surface area contributed by atoms with Crippen LogP contribution in [0.25, 0.3) is 0 Å². The summed E-state index contributed by atoms with van der Waals surface area (Å²) in [5.41, 5.74) is 1.41. The molecule has 1 unspecified atom stereocenters. The van der Waals surface area contributed by atoms with Crippen molar-refractivity contribution in [3.05, 3.63) is 59.7 Å². The molecule has 0 radical (unpaired) electrons. The van der Waals surface area contributed by atoms with Crippen LogP contribution < -0.4 is 20.7 Å². The fourth-order valence-electron chi connectivity index (χ4n) is 3.15. The lowest BCUT2D eigenvalue weighted by atomic mass is 10.1. The van der Waals surface area contributed by atoms with E-state index < -0.39 is 0 Å². The third kappa shape index (κ3) is 6.77. The molecule has 1 aliphatic rings. The first-order valence-corrected chi connectivity index (χ1v) is 10.8. The van der Waals surface area contributed by atoms with Gasteiger partial charge in [0, 0.05) is 18.7 Å². The maximum atomic E-state index is 12.6. The van der Waals surface area contributed by atoms with Crippen LogP contribution in [0.1, 0.15) is 46.9 Å². The summed E-state index contributed by atoms with van der Waals surface area (Å²) in [5.74, 6) is 0.136.